The van der Waals surface area contributed by atoms with Gasteiger partial charge >= 0.3 is 6.18 Å². The number of nitrogens with zero attached hydrogens (tertiary/aromatic N) is 5. The van der Waals surface area contributed by atoms with E-state index < -0.39 is 11.6 Å². The largest absolute Gasteiger partial charge is 0.394 e. The molecule has 4 heterocycles. The van der Waals surface area contributed by atoms with Crippen LogP contribution >= 0.6 is 0 Å². The van der Waals surface area contributed by atoms with Crippen molar-refractivity contribution in [2.45, 2.75) is 76.6 Å². The Hall–Kier alpha value is -2.81. The van der Waals surface area contributed by atoms with Crippen LogP contribution in [-0.2, 0) is 4.74 Å². The summed E-state index contributed by atoms with van der Waals surface area (Å²) in [7, 11) is 0. The van der Waals surface area contributed by atoms with Gasteiger partial charge in [-0.05, 0) is 76.0 Å². The lowest BCUT2D eigenvalue weighted by Gasteiger charge is -2.39. The molecule has 0 aromatic carbocycles. The first-order chi connectivity index (χ1) is 17.2. The fraction of sp³-hybridized carbons (Fsp3) is 0.556. The van der Waals surface area contributed by atoms with Gasteiger partial charge in [-0.3, -0.25) is 9.67 Å². The zero-order valence-corrected chi connectivity index (χ0v) is 20.3. The van der Waals surface area contributed by atoms with E-state index in [4.69, 9.17) is 19.7 Å². The van der Waals surface area contributed by atoms with Crippen LogP contribution in [0.2, 0.25) is 0 Å². The van der Waals surface area contributed by atoms with Crippen molar-refractivity contribution in [3.63, 3.8) is 0 Å². The number of ether oxygens (including phenoxy) is 1. The van der Waals surface area contributed by atoms with Gasteiger partial charge < -0.3 is 4.74 Å². The second-order valence-corrected chi connectivity index (χ2v) is 11.1. The van der Waals surface area contributed by atoms with E-state index >= 15 is 0 Å². The Bertz CT molecular complexity index is 1400. The molecule has 4 fully saturated rings. The molecule has 4 aliphatic carbocycles. The zero-order valence-electron chi connectivity index (χ0n) is 20.3. The van der Waals surface area contributed by atoms with E-state index in [0.717, 1.165) is 41.1 Å². The molecule has 2 bridgehead atoms. The molecule has 3 aromatic rings. The molecule has 4 saturated carbocycles. The Balaban J connectivity index is 1.30. The van der Waals surface area contributed by atoms with E-state index in [-0.39, 0.29) is 37.2 Å². The van der Waals surface area contributed by atoms with E-state index in [1.807, 2.05) is 30.8 Å². The third-order valence-corrected chi connectivity index (χ3v) is 8.75. The lowest BCUT2D eigenvalue weighted by molar-refractivity contribution is -0.244. The smallest absolute Gasteiger partial charge is 0.369 e. The Morgan fingerprint density at radius 1 is 1.06 bits per heavy atom. The van der Waals surface area contributed by atoms with Crippen molar-refractivity contribution in [1.29, 1.82) is 0 Å². The number of halogens is 3. The summed E-state index contributed by atoms with van der Waals surface area (Å²) in [6, 6.07) is 2.44. The highest BCUT2D eigenvalue weighted by Crippen LogP contribution is 2.70. The fourth-order valence-electron chi connectivity index (χ4n) is 6.38. The van der Waals surface area contributed by atoms with Crippen molar-refractivity contribution in [2.24, 2.45) is 11.3 Å². The zero-order chi connectivity index (χ0) is 24.8. The average Bonchev–Trinajstić information content (AvgIpc) is 3.26. The molecule has 0 amide bonds. The number of fused-ring (bicyclic) bond motifs is 2. The first kappa shape index (κ1) is 22.4. The summed E-state index contributed by atoms with van der Waals surface area (Å²) in [5.74, 6) is -0.260. The fourth-order valence-corrected chi connectivity index (χ4v) is 6.38. The molecule has 5 aliphatic rings. The van der Waals surface area contributed by atoms with Gasteiger partial charge in [0.05, 0.1) is 52.6 Å². The quantitative estimate of drug-likeness (QED) is 0.434. The molecule has 6 nitrogen and oxygen atoms in total. The number of alkyl halides is 3. The Labute approximate surface area is 207 Å². The maximum absolute atomic E-state index is 13.9. The second kappa shape index (κ2) is 7.60. The highest BCUT2D eigenvalue weighted by molar-refractivity contribution is 5.82. The number of pyridine rings is 1. The van der Waals surface area contributed by atoms with Gasteiger partial charge in [-0.25, -0.2) is 9.97 Å². The van der Waals surface area contributed by atoms with Crippen LogP contribution in [0.3, 0.4) is 0 Å². The van der Waals surface area contributed by atoms with Gasteiger partial charge in [-0.15, -0.1) is 0 Å². The summed E-state index contributed by atoms with van der Waals surface area (Å²) in [4.78, 5) is 14.6. The standard InChI is InChI=1S/C27H28F3N5O/c1-14-15(2)33-25-22(32-14)8-21(34-24(25)20-11-26(27(28,29)30)9-17(20)10-26)16-5-6-36-23(7-16)18-12-31-35(13-18)19-3-4-19/h7-8,12-13,17,19-20,23H,3-6,9-11H2,1-2H3/t17?,20?,23-,26?/m1/s1. The van der Waals surface area contributed by atoms with E-state index in [1.54, 1.807) is 0 Å². The van der Waals surface area contributed by atoms with Gasteiger partial charge in [0, 0.05) is 17.7 Å². The lowest BCUT2D eigenvalue weighted by atomic mass is 9.68. The molecule has 8 rings (SSSR count). The van der Waals surface area contributed by atoms with E-state index in [2.05, 4.69) is 17.4 Å². The Morgan fingerprint density at radius 3 is 2.56 bits per heavy atom. The summed E-state index contributed by atoms with van der Waals surface area (Å²) < 4.78 is 49.6. The third kappa shape index (κ3) is 3.42. The molecule has 0 saturated heterocycles. The summed E-state index contributed by atoms with van der Waals surface area (Å²) in [6.07, 6.45) is 5.08. The van der Waals surface area contributed by atoms with Crippen LogP contribution in [0, 0.1) is 25.2 Å². The number of aromatic nitrogens is 5. The predicted octanol–water partition coefficient (Wildman–Crippen LogP) is 6.16. The number of hydrogen-bond acceptors (Lipinski definition) is 5. The van der Waals surface area contributed by atoms with Crippen molar-refractivity contribution < 1.29 is 17.9 Å². The van der Waals surface area contributed by atoms with Crippen LogP contribution < -0.4 is 0 Å². The van der Waals surface area contributed by atoms with E-state index in [9.17, 15) is 13.2 Å². The summed E-state index contributed by atoms with van der Waals surface area (Å²) >= 11 is 0. The molecule has 36 heavy (non-hydrogen) atoms. The SMILES string of the molecule is Cc1nc2cc(C3=C[C@H](c4cnn(C5CC5)c4)OCC3)nc(C3CC4(C(F)(F)F)CC3C4)c2nc1C. The molecule has 0 spiro atoms. The van der Waals surface area contributed by atoms with Crippen LogP contribution in [0.15, 0.2) is 24.5 Å². The monoisotopic (exact) mass is 495 g/mol. The average molecular weight is 496 g/mol. The minimum Gasteiger partial charge on any atom is -0.369 e. The second-order valence-electron chi connectivity index (χ2n) is 11.1. The van der Waals surface area contributed by atoms with E-state index in [1.165, 1.54) is 0 Å². The van der Waals surface area contributed by atoms with Crippen molar-refractivity contribution in [3.8, 4) is 0 Å². The third-order valence-electron chi connectivity index (χ3n) is 8.75. The van der Waals surface area contributed by atoms with Gasteiger partial charge in [-0.2, -0.15) is 18.3 Å². The first-order valence-electron chi connectivity index (χ1n) is 12.8. The van der Waals surface area contributed by atoms with Gasteiger partial charge in [0.1, 0.15) is 11.6 Å². The van der Waals surface area contributed by atoms with Crippen LogP contribution in [0.25, 0.3) is 16.6 Å². The number of hydrogen-bond donors (Lipinski definition) is 0. The number of aryl methyl sites for hydroxylation is 2. The van der Waals surface area contributed by atoms with Crippen molar-refractivity contribution in [2.75, 3.05) is 6.61 Å². The highest BCUT2D eigenvalue weighted by atomic mass is 19.4. The van der Waals surface area contributed by atoms with Crippen LogP contribution in [0.1, 0.15) is 84.9 Å². The van der Waals surface area contributed by atoms with Gasteiger partial charge in [0.2, 0.25) is 0 Å². The Morgan fingerprint density at radius 2 is 1.83 bits per heavy atom. The Kier molecular flexibility index (Phi) is 4.73. The highest BCUT2D eigenvalue weighted by Gasteiger charge is 2.69. The molecule has 188 valence electrons. The minimum absolute atomic E-state index is 0.00864. The topological polar surface area (TPSA) is 65.7 Å². The van der Waals surface area contributed by atoms with Gasteiger partial charge in [0.15, 0.2) is 0 Å². The molecule has 9 heteroatoms. The summed E-state index contributed by atoms with van der Waals surface area (Å²) in [6.45, 7) is 4.34. The predicted molar refractivity (Wildman–Crippen MR) is 127 cm³/mol. The molecule has 1 unspecified atom stereocenters. The molecular formula is C27H28F3N5O. The molecule has 3 aromatic heterocycles. The van der Waals surface area contributed by atoms with Gasteiger partial charge in [0.25, 0.3) is 0 Å². The normalized spacial score (nSPS) is 29.9. The maximum atomic E-state index is 13.9. The van der Waals surface area contributed by atoms with Crippen molar-refractivity contribution in [3.05, 3.63) is 52.9 Å². The lowest BCUT2D eigenvalue weighted by Crippen LogP contribution is -2.42. The number of rotatable bonds is 4. The maximum Gasteiger partial charge on any atom is 0.394 e. The summed E-state index contributed by atoms with van der Waals surface area (Å²) in [5.41, 5.74) is 4.87. The van der Waals surface area contributed by atoms with Crippen molar-refractivity contribution >= 4 is 16.6 Å². The van der Waals surface area contributed by atoms with Crippen LogP contribution in [-0.4, -0.2) is 37.5 Å². The molecule has 1 aliphatic heterocycles. The molecule has 2 atom stereocenters. The van der Waals surface area contributed by atoms with Crippen LogP contribution in [0.4, 0.5) is 13.2 Å². The van der Waals surface area contributed by atoms with Crippen LogP contribution in [0.5, 0.6) is 0 Å². The molecular weight excluding hydrogens is 467 g/mol. The minimum atomic E-state index is -4.18. The van der Waals surface area contributed by atoms with Crippen molar-refractivity contribution in [1.82, 2.24) is 24.7 Å². The van der Waals surface area contributed by atoms with Gasteiger partial charge in [-0.1, -0.05) is 0 Å². The molecule has 0 radical (unpaired) electrons. The first-order valence-corrected chi connectivity index (χ1v) is 12.8. The van der Waals surface area contributed by atoms with E-state index in [0.29, 0.717) is 35.8 Å². The molecule has 0 N–H and O–H groups in total. The summed E-state index contributed by atoms with van der Waals surface area (Å²) in [5, 5.41) is 4.50.